The van der Waals surface area contributed by atoms with Gasteiger partial charge in [0.05, 0.1) is 6.10 Å². The van der Waals surface area contributed by atoms with Gasteiger partial charge in [0.25, 0.3) is 0 Å². The van der Waals surface area contributed by atoms with Crippen LogP contribution in [0.4, 0.5) is 0 Å². The number of aliphatic hydroxyl groups is 1. The van der Waals surface area contributed by atoms with Gasteiger partial charge in [-0.1, -0.05) is 29.8 Å². The van der Waals surface area contributed by atoms with E-state index in [1.807, 2.05) is 0 Å². The second-order valence-corrected chi connectivity index (χ2v) is 5.54. The summed E-state index contributed by atoms with van der Waals surface area (Å²) in [4.78, 5) is 2.36. The maximum atomic E-state index is 9.72. The molecule has 0 amide bonds. The smallest absolute Gasteiger partial charge is 0.0684 e. The standard InChI is InChI=1S/C14H21NO/c1-11-4-6-12(7-5-11)9-15-10-13(16)8-14(15,2)3/h4-7,13,16H,8-10H2,1-3H3. The van der Waals surface area contributed by atoms with Crippen LogP contribution in [0.1, 0.15) is 31.4 Å². The summed E-state index contributed by atoms with van der Waals surface area (Å²) in [5, 5.41) is 9.72. The highest BCUT2D eigenvalue weighted by atomic mass is 16.3. The molecular weight excluding hydrogens is 198 g/mol. The van der Waals surface area contributed by atoms with Crippen molar-refractivity contribution in [3.05, 3.63) is 35.4 Å². The van der Waals surface area contributed by atoms with Gasteiger partial charge in [-0.3, -0.25) is 4.90 Å². The molecule has 2 nitrogen and oxygen atoms in total. The van der Waals surface area contributed by atoms with Gasteiger partial charge in [0.2, 0.25) is 0 Å². The molecule has 0 saturated carbocycles. The minimum Gasteiger partial charge on any atom is -0.392 e. The van der Waals surface area contributed by atoms with E-state index in [0.717, 1.165) is 19.5 Å². The molecule has 1 saturated heterocycles. The third-order valence-corrected chi connectivity index (χ3v) is 3.52. The summed E-state index contributed by atoms with van der Waals surface area (Å²) in [7, 11) is 0. The van der Waals surface area contributed by atoms with Crippen LogP contribution in [0.2, 0.25) is 0 Å². The van der Waals surface area contributed by atoms with Gasteiger partial charge in [-0.2, -0.15) is 0 Å². The summed E-state index contributed by atoms with van der Waals surface area (Å²) in [5.41, 5.74) is 2.74. The first-order chi connectivity index (χ1) is 7.47. The zero-order valence-electron chi connectivity index (χ0n) is 10.4. The van der Waals surface area contributed by atoms with Gasteiger partial charge in [0.15, 0.2) is 0 Å². The summed E-state index contributed by atoms with van der Waals surface area (Å²) in [6.45, 7) is 8.24. The van der Waals surface area contributed by atoms with E-state index in [2.05, 4.69) is 49.9 Å². The van der Waals surface area contributed by atoms with Gasteiger partial charge >= 0.3 is 0 Å². The molecule has 1 aromatic rings. The third-order valence-electron chi connectivity index (χ3n) is 3.52. The molecule has 1 heterocycles. The summed E-state index contributed by atoms with van der Waals surface area (Å²) >= 11 is 0. The number of aliphatic hydroxyl groups excluding tert-OH is 1. The van der Waals surface area contributed by atoms with E-state index in [0.29, 0.717) is 0 Å². The Morgan fingerprint density at radius 1 is 1.31 bits per heavy atom. The Morgan fingerprint density at radius 3 is 2.44 bits per heavy atom. The van der Waals surface area contributed by atoms with Crippen molar-refractivity contribution in [3.63, 3.8) is 0 Å². The molecule has 1 aliphatic heterocycles. The van der Waals surface area contributed by atoms with Crippen LogP contribution < -0.4 is 0 Å². The predicted octanol–water partition coefficient (Wildman–Crippen LogP) is 2.34. The fraction of sp³-hybridized carbons (Fsp3) is 0.571. The van der Waals surface area contributed by atoms with Crippen molar-refractivity contribution >= 4 is 0 Å². The van der Waals surface area contributed by atoms with Crippen LogP contribution in [0.25, 0.3) is 0 Å². The highest BCUT2D eigenvalue weighted by molar-refractivity contribution is 5.21. The van der Waals surface area contributed by atoms with Crippen molar-refractivity contribution in [2.45, 2.75) is 45.4 Å². The summed E-state index contributed by atoms with van der Waals surface area (Å²) in [5.74, 6) is 0. The number of β-amino-alcohol motifs (C(OH)–C–C–N with tert-alkyl or cyclic N) is 1. The maximum absolute atomic E-state index is 9.72. The van der Waals surface area contributed by atoms with Crippen LogP contribution in [-0.4, -0.2) is 28.2 Å². The Hall–Kier alpha value is -0.860. The van der Waals surface area contributed by atoms with Crippen LogP contribution in [0.3, 0.4) is 0 Å². The largest absolute Gasteiger partial charge is 0.392 e. The van der Waals surface area contributed by atoms with E-state index < -0.39 is 0 Å². The SMILES string of the molecule is Cc1ccc(CN2CC(O)CC2(C)C)cc1. The van der Waals surface area contributed by atoms with E-state index in [1.54, 1.807) is 0 Å². The lowest BCUT2D eigenvalue weighted by atomic mass is 10.0. The lowest BCUT2D eigenvalue weighted by Crippen LogP contribution is -2.37. The molecule has 1 aliphatic rings. The van der Waals surface area contributed by atoms with Crippen molar-refractivity contribution < 1.29 is 5.11 Å². The summed E-state index contributed by atoms with van der Waals surface area (Å²) < 4.78 is 0. The molecule has 1 N–H and O–H groups in total. The monoisotopic (exact) mass is 219 g/mol. The lowest BCUT2D eigenvalue weighted by molar-refractivity contribution is 0.156. The minimum atomic E-state index is -0.166. The number of hydrogen-bond donors (Lipinski definition) is 1. The number of benzene rings is 1. The molecule has 0 bridgehead atoms. The average Bonchev–Trinajstić information content (AvgIpc) is 2.43. The van der Waals surface area contributed by atoms with Gasteiger partial charge in [-0.15, -0.1) is 0 Å². The van der Waals surface area contributed by atoms with Crippen molar-refractivity contribution in [1.29, 1.82) is 0 Å². The van der Waals surface area contributed by atoms with Gasteiger partial charge in [-0.25, -0.2) is 0 Å². The van der Waals surface area contributed by atoms with Gasteiger partial charge in [0.1, 0.15) is 0 Å². The molecule has 16 heavy (non-hydrogen) atoms. The Kier molecular flexibility index (Phi) is 3.04. The Bertz CT molecular complexity index is 356. The van der Waals surface area contributed by atoms with Gasteiger partial charge < -0.3 is 5.11 Å². The first-order valence-electron chi connectivity index (χ1n) is 5.96. The van der Waals surface area contributed by atoms with E-state index in [4.69, 9.17) is 0 Å². The summed E-state index contributed by atoms with van der Waals surface area (Å²) in [6, 6.07) is 8.65. The van der Waals surface area contributed by atoms with Crippen molar-refractivity contribution in [2.75, 3.05) is 6.54 Å². The van der Waals surface area contributed by atoms with Crippen LogP contribution >= 0.6 is 0 Å². The van der Waals surface area contributed by atoms with Crippen LogP contribution in [0.5, 0.6) is 0 Å². The van der Waals surface area contributed by atoms with E-state index in [1.165, 1.54) is 11.1 Å². The number of likely N-dealkylation sites (tertiary alicyclic amines) is 1. The highest BCUT2D eigenvalue weighted by Gasteiger charge is 2.37. The Balaban J connectivity index is 2.07. The molecule has 1 aromatic carbocycles. The molecule has 1 fully saturated rings. The Morgan fingerprint density at radius 2 is 1.94 bits per heavy atom. The lowest BCUT2D eigenvalue weighted by Gasteiger charge is -2.31. The van der Waals surface area contributed by atoms with E-state index in [-0.39, 0.29) is 11.6 Å². The molecule has 1 unspecified atom stereocenters. The quantitative estimate of drug-likeness (QED) is 0.825. The minimum absolute atomic E-state index is 0.115. The van der Waals surface area contributed by atoms with Gasteiger partial charge in [0, 0.05) is 18.6 Å². The molecule has 0 aromatic heterocycles. The van der Waals surface area contributed by atoms with E-state index in [9.17, 15) is 5.11 Å². The highest BCUT2D eigenvalue weighted by Crippen LogP contribution is 2.30. The van der Waals surface area contributed by atoms with Gasteiger partial charge in [-0.05, 0) is 32.8 Å². The molecule has 2 heteroatoms. The molecule has 2 rings (SSSR count). The topological polar surface area (TPSA) is 23.5 Å². The molecule has 1 atom stereocenters. The zero-order chi connectivity index (χ0) is 11.8. The normalized spacial score (nSPS) is 24.9. The first-order valence-corrected chi connectivity index (χ1v) is 5.96. The number of nitrogens with zero attached hydrogens (tertiary/aromatic N) is 1. The molecule has 0 spiro atoms. The second-order valence-electron chi connectivity index (χ2n) is 5.54. The third kappa shape index (κ3) is 2.45. The van der Waals surface area contributed by atoms with E-state index >= 15 is 0 Å². The van der Waals surface area contributed by atoms with Crippen molar-refractivity contribution in [1.82, 2.24) is 4.90 Å². The number of aryl methyl sites for hydroxylation is 1. The summed E-state index contributed by atoms with van der Waals surface area (Å²) in [6.07, 6.45) is 0.708. The van der Waals surface area contributed by atoms with Crippen LogP contribution in [0.15, 0.2) is 24.3 Å². The first kappa shape index (κ1) is 11.6. The molecule has 88 valence electrons. The maximum Gasteiger partial charge on any atom is 0.0684 e. The fourth-order valence-corrected chi connectivity index (χ4v) is 2.46. The molecule has 0 aliphatic carbocycles. The zero-order valence-corrected chi connectivity index (χ0v) is 10.4. The van der Waals surface area contributed by atoms with Crippen LogP contribution in [-0.2, 0) is 6.54 Å². The van der Waals surface area contributed by atoms with Crippen molar-refractivity contribution in [2.24, 2.45) is 0 Å². The number of hydrogen-bond acceptors (Lipinski definition) is 2. The number of rotatable bonds is 2. The predicted molar refractivity (Wildman–Crippen MR) is 66.3 cm³/mol. The van der Waals surface area contributed by atoms with Crippen molar-refractivity contribution in [3.8, 4) is 0 Å². The average molecular weight is 219 g/mol. The fourth-order valence-electron chi connectivity index (χ4n) is 2.46. The van der Waals surface area contributed by atoms with Crippen LogP contribution in [0, 0.1) is 6.92 Å². The Labute approximate surface area is 97.9 Å². The molecule has 0 radical (unpaired) electrons. The molecular formula is C14H21NO. The second kappa shape index (κ2) is 4.19.